The first-order valence-corrected chi connectivity index (χ1v) is 11.2. The second kappa shape index (κ2) is 8.65. The Morgan fingerprint density at radius 1 is 1.14 bits per heavy atom. The summed E-state index contributed by atoms with van der Waals surface area (Å²) in [6.45, 7) is -0.415. The molecule has 0 spiro atoms. The number of amides is 1. The van der Waals surface area contributed by atoms with Gasteiger partial charge >= 0.3 is 5.97 Å². The van der Waals surface area contributed by atoms with Crippen molar-refractivity contribution in [2.24, 2.45) is 0 Å². The van der Waals surface area contributed by atoms with Gasteiger partial charge in [0.05, 0.1) is 23.5 Å². The number of ether oxygens (including phenoxy) is 1. The fourth-order valence-electron chi connectivity index (χ4n) is 3.56. The molecule has 0 fully saturated rings. The van der Waals surface area contributed by atoms with E-state index in [1.807, 2.05) is 18.2 Å². The quantitative estimate of drug-likeness (QED) is 0.731. The number of likely N-dealkylation sites (N-methyl/N-ethyl adjacent to an activating group) is 1. The van der Waals surface area contributed by atoms with E-state index in [-0.39, 0.29) is 23.2 Å². The molecule has 3 rings (SSSR count). The van der Waals surface area contributed by atoms with Crippen LogP contribution in [0.15, 0.2) is 48.5 Å². The topological polar surface area (TPSA) is 92.8 Å². The molecular formula is C21H24N2O5S. The molecule has 1 unspecified atom stereocenters. The van der Waals surface area contributed by atoms with E-state index in [0.29, 0.717) is 0 Å². The van der Waals surface area contributed by atoms with Crippen LogP contribution >= 0.6 is 0 Å². The first-order chi connectivity index (χ1) is 13.8. The average Bonchev–Trinajstić information content (AvgIpc) is 2.70. The average molecular weight is 416 g/mol. The van der Waals surface area contributed by atoms with Gasteiger partial charge in [0.15, 0.2) is 6.61 Å². The lowest BCUT2D eigenvalue weighted by molar-refractivity contribution is -0.135. The molecule has 29 heavy (non-hydrogen) atoms. The minimum atomic E-state index is -3.55. The number of carbonyl (C=O) groups is 2. The predicted molar refractivity (Wildman–Crippen MR) is 110 cm³/mol. The van der Waals surface area contributed by atoms with Crippen molar-refractivity contribution in [1.82, 2.24) is 4.90 Å². The van der Waals surface area contributed by atoms with E-state index < -0.39 is 22.6 Å². The van der Waals surface area contributed by atoms with Gasteiger partial charge in [0, 0.05) is 7.05 Å². The van der Waals surface area contributed by atoms with Crippen LogP contribution in [-0.4, -0.2) is 45.1 Å². The molecule has 0 aromatic heterocycles. The Kier molecular flexibility index (Phi) is 6.22. The first-order valence-electron chi connectivity index (χ1n) is 9.33. The van der Waals surface area contributed by atoms with Crippen LogP contribution in [-0.2, 0) is 26.0 Å². The minimum Gasteiger partial charge on any atom is -0.452 e. The third-order valence-electron chi connectivity index (χ3n) is 4.97. The van der Waals surface area contributed by atoms with E-state index >= 15 is 0 Å². The smallest absolute Gasteiger partial charge is 0.340 e. The van der Waals surface area contributed by atoms with Gasteiger partial charge in [-0.3, -0.25) is 9.52 Å². The molecule has 2 aromatic carbocycles. The zero-order chi connectivity index (χ0) is 21.0. The number of sulfonamides is 1. The van der Waals surface area contributed by atoms with Gasteiger partial charge in [-0.15, -0.1) is 0 Å². The molecule has 1 aliphatic carbocycles. The summed E-state index contributed by atoms with van der Waals surface area (Å²) in [7, 11) is -1.84. The molecule has 8 heteroatoms. The highest BCUT2D eigenvalue weighted by Gasteiger charge is 2.27. The Hall–Kier alpha value is -2.87. The molecule has 1 amide bonds. The third-order valence-corrected chi connectivity index (χ3v) is 5.56. The molecule has 0 saturated heterocycles. The van der Waals surface area contributed by atoms with Gasteiger partial charge in [-0.25, -0.2) is 13.2 Å². The number of hydrogen-bond acceptors (Lipinski definition) is 5. The monoisotopic (exact) mass is 416 g/mol. The maximum Gasteiger partial charge on any atom is 0.340 e. The Bertz CT molecular complexity index is 1020. The Morgan fingerprint density at radius 2 is 1.83 bits per heavy atom. The van der Waals surface area contributed by atoms with Crippen molar-refractivity contribution in [2.75, 3.05) is 24.6 Å². The minimum absolute atomic E-state index is 0.0506. The van der Waals surface area contributed by atoms with Gasteiger partial charge in [0.2, 0.25) is 10.0 Å². The number of hydrogen-bond donors (Lipinski definition) is 1. The summed E-state index contributed by atoms with van der Waals surface area (Å²) in [5.41, 5.74) is 2.53. The van der Waals surface area contributed by atoms with Gasteiger partial charge in [-0.1, -0.05) is 36.4 Å². The van der Waals surface area contributed by atoms with Crippen molar-refractivity contribution in [3.05, 3.63) is 65.2 Å². The fourth-order valence-corrected chi connectivity index (χ4v) is 4.14. The van der Waals surface area contributed by atoms with E-state index in [2.05, 4.69) is 10.8 Å². The van der Waals surface area contributed by atoms with Crippen LogP contribution in [0.5, 0.6) is 0 Å². The third kappa shape index (κ3) is 5.14. The summed E-state index contributed by atoms with van der Waals surface area (Å²) in [4.78, 5) is 26.7. The summed E-state index contributed by atoms with van der Waals surface area (Å²) < 4.78 is 30.4. The highest BCUT2D eigenvalue weighted by molar-refractivity contribution is 7.92. The number of nitrogens with zero attached hydrogens (tertiary/aromatic N) is 1. The molecule has 0 saturated carbocycles. The summed E-state index contributed by atoms with van der Waals surface area (Å²) in [6, 6.07) is 14.1. The Balaban J connectivity index is 1.67. The summed E-state index contributed by atoms with van der Waals surface area (Å²) in [5, 5.41) is 0. The Labute approximate surface area is 170 Å². The number of fused-ring (bicyclic) bond motifs is 1. The molecule has 154 valence electrons. The number of esters is 1. The van der Waals surface area contributed by atoms with Crippen molar-refractivity contribution in [1.29, 1.82) is 0 Å². The van der Waals surface area contributed by atoms with Crippen LogP contribution in [0.4, 0.5) is 5.69 Å². The van der Waals surface area contributed by atoms with Gasteiger partial charge in [0.25, 0.3) is 5.91 Å². The van der Waals surface area contributed by atoms with Crippen LogP contribution in [0.2, 0.25) is 0 Å². The number of nitrogens with one attached hydrogen (secondary N) is 1. The van der Waals surface area contributed by atoms with Crippen LogP contribution < -0.4 is 4.72 Å². The second-order valence-corrected chi connectivity index (χ2v) is 8.86. The number of rotatable bonds is 6. The molecule has 1 aliphatic rings. The maximum atomic E-state index is 12.6. The predicted octanol–water partition coefficient (Wildman–Crippen LogP) is 2.75. The van der Waals surface area contributed by atoms with E-state index in [1.165, 1.54) is 17.7 Å². The number of para-hydroxylation sites is 1. The van der Waals surface area contributed by atoms with Crippen molar-refractivity contribution >= 4 is 27.6 Å². The Morgan fingerprint density at radius 3 is 2.59 bits per heavy atom. The molecule has 0 aliphatic heterocycles. The first kappa shape index (κ1) is 20.9. The van der Waals surface area contributed by atoms with Crippen LogP contribution in [0.25, 0.3) is 0 Å². The van der Waals surface area contributed by atoms with Gasteiger partial charge < -0.3 is 9.64 Å². The van der Waals surface area contributed by atoms with Gasteiger partial charge in [-0.05, 0) is 42.5 Å². The fraction of sp³-hybridized carbons (Fsp3) is 0.333. The lowest BCUT2D eigenvalue weighted by Crippen LogP contribution is -2.36. The molecule has 0 radical (unpaired) electrons. The van der Waals surface area contributed by atoms with Crippen molar-refractivity contribution in [3.63, 3.8) is 0 Å². The van der Waals surface area contributed by atoms with Crippen LogP contribution in [0.1, 0.15) is 40.4 Å². The molecule has 7 nitrogen and oxygen atoms in total. The lowest BCUT2D eigenvalue weighted by Gasteiger charge is -2.33. The zero-order valence-electron chi connectivity index (χ0n) is 16.4. The second-order valence-electron chi connectivity index (χ2n) is 7.11. The number of aryl methyl sites for hydroxylation is 1. The largest absolute Gasteiger partial charge is 0.452 e. The molecule has 0 bridgehead atoms. The summed E-state index contributed by atoms with van der Waals surface area (Å²) >= 11 is 0. The highest BCUT2D eigenvalue weighted by atomic mass is 32.2. The van der Waals surface area contributed by atoms with E-state index in [9.17, 15) is 18.0 Å². The van der Waals surface area contributed by atoms with Crippen molar-refractivity contribution in [2.45, 2.75) is 25.3 Å². The number of benzene rings is 2. The molecule has 2 aromatic rings. The highest BCUT2D eigenvalue weighted by Crippen LogP contribution is 2.33. The molecule has 0 heterocycles. The number of carbonyl (C=O) groups excluding carboxylic acids is 2. The zero-order valence-corrected chi connectivity index (χ0v) is 17.2. The summed E-state index contributed by atoms with van der Waals surface area (Å²) in [6.07, 6.45) is 3.83. The molecule has 1 atom stereocenters. The van der Waals surface area contributed by atoms with E-state index in [1.54, 1.807) is 24.1 Å². The molecular weight excluding hydrogens is 392 g/mol. The molecule has 1 N–H and O–H groups in total. The van der Waals surface area contributed by atoms with Gasteiger partial charge in [-0.2, -0.15) is 0 Å². The van der Waals surface area contributed by atoms with Crippen LogP contribution in [0.3, 0.4) is 0 Å². The van der Waals surface area contributed by atoms with Crippen molar-refractivity contribution < 1.29 is 22.7 Å². The lowest BCUT2D eigenvalue weighted by atomic mass is 9.87. The standard InChI is InChI=1S/C21H24N2O5S/c1-23(19-13-7-9-15-8-3-4-10-16(15)19)20(24)14-28-21(25)17-11-5-6-12-18(17)22-29(2,26)27/h3-6,8,10-12,19,22H,7,9,13-14H2,1-2H3. The van der Waals surface area contributed by atoms with E-state index in [0.717, 1.165) is 31.1 Å². The van der Waals surface area contributed by atoms with Crippen LogP contribution in [0, 0.1) is 0 Å². The van der Waals surface area contributed by atoms with E-state index in [4.69, 9.17) is 4.74 Å². The van der Waals surface area contributed by atoms with Crippen molar-refractivity contribution in [3.8, 4) is 0 Å². The normalized spacial score (nSPS) is 15.9. The summed E-state index contributed by atoms with van der Waals surface area (Å²) in [5.74, 6) is -1.07. The van der Waals surface area contributed by atoms with Gasteiger partial charge in [0.1, 0.15) is 0 Å². The SMILES string of the molecule is CN(C(=O)COC(=O)c1ccccc1NS(C)(=O)=O)C1CCCc2ccccc21. The number of anilines is 1. The maximum absolute atomic E-state index is 12.6.